The van der Waals surface area contributed by atoms with Gasteiger partial charge in [0.2, 0.25) is 5.88 Å². The predicted octanol–water partition coefficient (Wildman–Crippen LogP) is 3.31. The lowest BCUT2D eigenvalue weighted by Crippen LogP contribution is -2.04. The van der Waals surface area contributed by atoms with Gasteiger partial charge < -0.3 is 10.1 Å². The molecule has 2 rings (SSSR count). The number of rotatable bonds is 4. The van der Waals surface area contributed by atoms with Crippen LogP contribution in [0.5, 0.6) is 5.88 Å². The summed E-state index contributed by atoms with van der Waals surface area (Å²) in [5.41, 5.74) is 4.10. The van der Waals surface area contributed by atoms with Crippen LogP contribution in [-0.4, -0.2) is 16.9 Å². The van der Waals surface area contributed by atoms with Crippen LogP contribution in [0.25, 0.3) is 0 Å². The highest BCUT2D eigenvalue weighted by Gasteiger charge is 2.13. The quantitative estimate of drug-likeness (QED) is 0.933. The zero-order valence-corrected chi connectivity index (χ0v) is 12.4. The third-order valence-corrected chi connectivity index (χ3v) is 3.61. The Hall–Kier alpha value is -1.68. The Morgan fingerprint density at radius 1 is 1.37 bits per heavy atom. The van der Waals surface area contributed by atoms with Crippen LogP contribution in [-0.2, 0) is 13.6 Å². The summed E-state index contributed by atoms with van der Waals surface area (Å²) in [7, 11) is 3.53. The van der Waals surface area contributed by atoms with Crippen molar-refractivity contribution in [2.75, 3.05) is 12.4 Å². The van der Waals surface area contributed by atoms with Gasteiger partial charge in [-0.05, 0) is 31.5 Å². The summed E-state index contributed by atoms with van der Waals surface area (Å²) in [5.74, 6) is 0.782. The summed E-state index contributed by atoms with van der Waals surface area (Å²) in [5, 5.41) is 8.50. The SMILES string of the molecule is COc1c(CNc2cccc(Cl)c2C)c(C)nn1C. The van der Waals surface area contributed by atoms with Crippen molar-refractivity contribution in [3.8, 4) is 5.88 Å². The summed E-state index contributed by atoms with van der Waals surface area (Å²) in [6.07, 6.45) is 0. The van der Waals surface area contributed by atoms with Gasteiger partial charge in [0, 0.05) is 24.3 Å². The largest absolute Gasteiger partial charge is 0.481 e. The molecule has 1 aromatic heterocycles. The summed E-state index contributed by atoms with van der Waals surface area (Å²) >= 11 is 6.11. The molecule has 4 nitrogen and oxygen atoms in total. The number of anilines is 1. The Morgan fingerprint density at radius 2 is 2.11 bits per heavy atom. The van der Waals surface area contributed by atoms with Crippen molar-refractivity contribution in [2.45, 2.75) is 20.4 Å². The van der Waals surface area contributed by atoms with Crippen LogP contribution in [0.3, 0.4) is 0 Å². The molecule has 5 heteroatoms. The number of hydrogen-bond acceptors (Lipinski definition) is 3. The van der Waals surface area contributed by atoms with Crippen LogP contribution < -0.4 is 10.1 Å². The van der Waals surface area contributed by atoms with E-state index in [9.17, 15) is 0 Å². The minimum Gasteiger partial charge on any atom is -0.481 e. The number of nitrogens with one attached hydrogen (secondary N) is 1. The van der Waals surface area contributed by atoms with Gasteiger partial charge in [0.05, 0.1) is 18.4 Å². The van der Waals surface area contributed by atoms with Crippen LogP contribution in [0.15, 0.2) is 18.2 Å². The van der Waals surface area contributed by atoms with Gasteiger partial charge in [-0.3, -0.25) is 0 Å². The lowest BCUT2D eigenvalue weighted by Gasteiger charge is -2.11. The lowest BCUT2D eigenvalue weighted by atomic mass is 10.2. The first-order valence-corrected chi connectivity index (χ1v) is 6.47. The normalized spacial score (nSPS) is 10.6. The average Bonchev–Trinajstić information content (AvgIpc) is 2.65. The van der Waals surface area contributed by atoms with E-state index in [2.05, 4.69) is 10.4 Å². The Balaban J connectivity index is 2.21. The van der Waals surface area contributed by atoms with Gasteiger partial charge in [0.15, 0.2) is 0 Å². The fraction of sp³-hybridized carbons (Fsp3) is 0.357. The summed E-state index contributed by atoms with van der Waals surface area (Å²) in [4.78, 5) is 0. The third kappa shape index (κ3) is 2.68. The molecular weight excluding hydrogens is 262 g/mol. The second-order valence-electron chi connectivity index (χ2n) is 4.46. The molecule has 1 heterocycles. The molecule has 0 saturated carbocycles. The third-order valence-electron chi connectivity index (χ3n) is 3.21. The number of methoxy groups -OCH3 is 1. The molecule has 0 amide bonds. The highest BCUT2D eigenvalue weighted by atomic mass is 35.5. The minimum absolute atomic E-state index is 0.657. The van der Waals surface area contributed by atoms with E-state index in [0.29, 0.717) is 6.54 Å². The van der Waals surface area contributed by atoms with Gasteiger partial charge in [-0.25, -0.2) is 4.68 Å². The van der Waals surface area contributed by atoms with Gasteiger partial charge in [-0.15, -0.1) is 0 Å². The zero-order chi connectivity index (χ0) is 14.0. The van der Waals surface area contributed by atoms with Crippen molar-refractivity contribution in [3.05, 3.63) is 40.0 Å². The van der Waals surface area contributed by atoms with Crippen LogP contribution >= 0.6 is 11.6 Å². The van der Waals surface area contributed by atoms with Crippen LogP contribution in [0.1, 0.15) is 16.8 Å². The number of benzene rings is 1. The molecule has 1 aromatic carbocycles. The Labute approximate surface area is 118 Å². The van der Waals surface area contributed by atoms with Crippen molar-refractivity contribution in [1.82, 2.24) is 9.78 Å². The molecule has 19 heavy (non-hydrogen) atoms. The number of hydrogen-bond donors (Lipinski definition) is 1. The van der Waals surface area contributed by atoms with E-state index in [0.717, 1.165) is 33.4 Å². The van der Waals surface area contributed by atoms with E-state index in [1.54, 1.807) is 11.8 Å². The molecule has 0 unspecified atom stereocenters. The number of ether oxygens (including phenoxy) is 1. The Morgan fingerprint density at radius 3 is 2.79 bits per heavy atom. The van der Waals surface area contributed by atoms with Crippen molar-refractivity contribution >= 4 is 17.3 Å². The highest BCUT2D eigenvalue weighted by molar-refractivity contribution is 6.31. The molecule has 0 radical (unpaired) electrons. The molecule has 0 bridgehead atoms. The highest BCUT2D eigenvalue weighted by Crippen LogP contribution is 2.26. The lowest BCUT2D eigenvalue weighted by molar-refractivity contribution is 0.370. The maximum absolute atomic E-state index is 6.11. The molecule has 0 aliphatic heterocycles. The molecule has 0 spiro atoms. The molecule has 0 atom stereocenters. The molecule has 0 fully saturated rings. The maximum Gasteiger partial charge on any atom is 0.216 e. The average molecular weight is 280 g/mol. The van der Waals surface area contributed by atoms with Crippen molar-refractivity contribution in [2.24, 2.45) is 7.05 Å². The van der Waals surface area contributed by atoms with Crippen LogP contribution in [0, 0.1) is 13.8 Å². The maximum atomic E-state index is 6.11. The number of aryl methyl sites for hydroxylation is 2. The molecule has 0 saturated heterocycles. The number of nitrogens with zero attached hydrogens (tertiary/aromatic N) is 2. The molecule has 1 N–H and O–H groups in total. The van der Waals surface area contributed by atoms with E-state index in [1.807, 2.05) is 39.1 Å². The molecule has 0 aliphatic rings. The first kappa shape index (κ1) is 13.7. The van der Waals surface area contributed by atoms with Crippen LogP contribution in [0.4, 0.5) is 5.69 Å². The van der Waals surface area contributed by atoms with E-state index in [4.69, 9.17) is 16.3 Å². The fourth-order valence-corrected chi connectivity index (χ4v) is 2.30. The van der Waals surface area contributed by atoms with Gasteiger partial charge >= 0.3 is 0 Å². The van der Waals surface area contributed by atoms with Crippen molar-refractivity contribution in [1.29, 1.82) is 0 Å². The van der Waals surface area contributed by atoms with Crippen molar-refractivity contribution < 1.29 is 4.74 Å². The summed E-state index contributed by atoms with van der Waals surface area (Å²) < 4.78 is 7.12. The summed E-state index contributed by atoms with van der Waals surface area (Å²) in [6.45, 7) is 4.63. The molecule has 2 aromatic rings. The topological polar surface area (TPSA) is 39.1 Å². The number of aromatic nitrogens is 2. The Kier molecular flexibility index (Phi) is 4.00. The van der Waals surface area contributed by atoms with Gasteiger partial charge in [0.1, 0.15) is 0 Å². The number of halogens is 1. The smallest absolute Gasteiger partial charge is 0.216 e. The Bertz CT molecular complexity index is 593. The monoisotopic (exact) mass is 279 g/mol. The van der Waals surface area contributed by atoms with Crippen molar-refractivity contribution in [3.63, 3.8) is 0 Å². The minimum atomic E-state index is 0.657. The molecule has 0 aliphatic carbocycles. The van der Waals surface area contributed by atoms with Gasteiger partial charge in [-0.1, -0.05) is 17.7 Å². The van der Waals surface area contributed by atoms with Crippen LogP contribution in [0.2, 0.25) is 5.02 Å². The van der Waals surface area contributed by atoms with E-state index < -0.39 is 0 Å². The predicted molar refractivity (Wildman–Crippen MR) is 78.0 cm³/mol. The molecule has 102 valence electrons. The van der Waals surface area contributed by atoms with E-state index in [-0.39, 0.29) is 0 Å². The first-order chi connectivity index (χ1) is 9.04. The standard InChI is InChI=1S/C14H18ClN3O/c1-9-12(15)6-5-7-13(9)16-8-11-10(2)17-18(3)14(11)19-4/h5-7,16H,8H2,1-4H3. The second kappa shape index (κ2) is 5.53. The summed E-state index contributed by atoms with van der Waals surface area (Å²) in [6, 6.07) is 5.84. The van der Waals surface area contributed by atoms with Gasteiger partial charge in [0.25, 0.3) is 0 Å². The van der Waals surface area contributed by atoms with Gasteiger partial charge in [-0.2, -0.15) is 5.10 Å². The second-order valence-corrected chi connectivity index (χ2v) is 4.87. The van der Waals surface area contributed by atoms with E-state index in [1.165, 1.54) is 0 Å². The molecular formula is C14H18ClN3O. The zero-order valence-electron chi connectivity index (χ0n) is 11.6. The fourth-order valence-electron chi connectivity index (χ4n) is 2.12. The van der Waals surface area contributed by atoms with E-state index >= 15 is 0 Å². The first-order valence-electron chi connectivity index (χ1n) is 6.10.